The zero-order valence-corrected chi connectivity index (χ0v) is 13.3. The fourth-order valence-corrected chi connectivity index (χ4v) is 2.37. The fraction of sp³-hybridized carbons (Fsp3) is 0.250. The van der Waals surface area contributed by atoms with Crippen molar-refractivity contribution in [3.05, 3.63) is 58.3 Å². The summed E-state index contributed by atoms with van der Waals surface area (Å²) in [6.07, 6.45) is 4.13. The van der Waals surface area contributed by atoms with E-state index in [4.69, 9.17) is 11.0 Å². The van der Waals surface area contributed by atoms with E-state index in [9.17, 15) is 0 Å². The number of benzene rings is 1. The monoisotopic (exact) mass is 344 g/mol. The SMILES string of the molecule is N#CCCN(Cc1cccnc1)Cc1ccc(Br)c(N)c1. The number of pyridine rings is 1. The molecule has 21 heavy (non-hydrogen) atoms. The minimum absolute atomic E-state index is 0.506. The van der Waals surface area contributed by atoms with E-state index in [2.05, 4.69) is 31.9 Å². The summed E-state index contributed by atoms with van der Waals surface area (Å²) >= 11 is 3.40. The highest BCUT2D eigenvalue weighted by Gasteiger charge is 2.08. The van der Waals surface area contributed by atoms with Crippen LogP contribution in [0.4, 0.5) is 5.69 Å². The topological polar surface area (TPSA) is 65.9 Å². The highest BCUT2D eigenvalue weighted by molar-refractivity contribution is 9.10. The predicted octanol–water partition coefficient (Wildman–Crippen LogP) is 3.34. The van der Waals surface area contributed by atoms with E-state index in [1.165, 1.54) is 0 Å². The zero-order valence-electron chi connectivity index (χ0n) is 11.7. The molecule has 2 N–H and O–H groups in total. The molecule has 0 aliphatic rings. The summed E-state index contributed by atoms with van der Waals surface area (Å²) in [5.41, 5.74) is 8.93. The Morgan fingerprint density at radius 3 is 2.71 bits per heavy atom. The van der Waals surface area contributed by atoms with E-state index >= 15 is 0 Å². The number of nitriles is 1. The molecule has 1 aromatic heterocycles. The molecule has 0 radical (unpaired) electrons. The summed E-state index contributed by atoms with van der Waals surface area (Å²) in [4.78, 5) is 6.36. The van der Waals surface area contributed by atoms with Crippen LogP contribution in [0.2, 0.25) is 0 Å². The first-order valence-electron chi connectivity index (χ1n) is 6.71. The zero-order chi connectivity index (χ0) is 15.1. The van der Waals surface area contributed by atoms with Crippen LogP contribution in [0.5, 0.6) is 0 Å². The molecule has 0 aliphatic carbocycles. The number of nitrogens with zero attached hydrogens (tertiary/aromatic N) is 3. The maximum Gasteiger partial charge on any atom is 0.0635 e. The van der Waals surface area contributed by atoms with Gasteiger partial charge in [-0.25, -0.2) is 0 Å². The minimum atomic E-state index is 0.506. The normalized spacial score (nSPS) is 10.5. The van der Waals surface area contributed by atoms with Gasteiger partial charge in [0.05, 0.1) is 6.07 Å². The van der Waals surface area contributed by atoms with Crippen molar-refractivity contribution in [2.75, 3.05) is 12.3 Å². The lowest BCUT2D eigenvalue weighted by Gasteiger charge is -2.21. The van der Waals surface area contributed by atoms with Gasteiger partial charge >= 0.3 is 0 Å². The smallest absolute Gasteiger partial charge is 0.0635 e. The van der Waals surface area contributed by atoms with Crippen molar-refractivity contribution >= 4 is 21.6 Å². The molecule has 108 valence electrons. The van der Waals surface area contributed by atoms with Gasteiger partial charge in [-0.3, -0.25) is 9.88 Å². The molecule has 0 aliphatic heterocycles. The highest BCUT2D eigenvalue weighted by atomic mass is 79.9. The molecule has 1 heterocycles. The third-order valence-corrected chi connectivity index (χ3v) is 3.86. The number of aromatic nitrogens is 1. The number of halogens is 1. The van der Waals surface area contributed by atoms with Gasteiger partial charge in [0.15, 0.2) is 0 Å². The molecule has 0 amide bonds. The molecular formula is C16H17BrN4. The molecule has 0 saturated heterocycles. The van der Waals surface area contributed by atoms with E-state index < -0.39 is 0 Å². The lowest BCUT2D eigenvalue weighted by Crippen LogP contribution is -2.24. The maximum absolute atomic E-state index is 8.81. The van der Waals surface area contributed by atoms with Gasteiger partial charge < -0.3 is 5.73 Å². The second kappa shape index (κ2) is 7.77. The van der Waals surface area contributed by atoms with Crippen LogP contribution in [-0.4, -0.2) is 16.4 Å². The van der Waals surface area contributed by atoms with Crippen LogP contribution in [0.3, 0.4) is 0 Å². The lowest BCUT2D eigenvalue weighted by molar-refractivity contribution is 0.262. The van der Waals surface area contributed by atoms with E-state index in [0.29, 0.717) is 6.42 Å². The molecule has 2 rings (SSSR count). The minimum Gasteiger partial charge on any atom is -0.398 e. The Balaban J connectivity index is 2.08. The van der Waals surface area contributed by atoms with Gasteiger partial charge in [-0.15, -0.1) is 0 Å². The average Bonchev–Trinajstić information content (AvgIpc) is 2.49. The quantitative estimate of drug-likeness (QED) is 0.816. The lowest BCUT2D eigenvalue weighted by atomic mass is 10.1. The summed E-state index contributed by atoms with van der Waals surface area (Å²) in [7, 11) is 0. The molecule has 0 fully saturated rings. The van der Waals surface area contributed by atoms with E-state index in [0.717, 1.165) is 40.9 Å². The standard InChI is InChI=1S/C16H17BrN4/c17-15-5-4-13(9-16(15)19)11-21(8-2-6-18)12-14-3-1-7-20-10-14/h1,3-5,7,9-10H,2,8,11-12,19H2. The highest BCUT2D eigenvalue weighted by Crippen LogP contribution is 2.21. The van der Waals surface area contributed by atoms with Crippen LogP contribution < -0.4 is 5.73 Å². The summed E-state index contributed by atoms with van der Waals surface area (Å²) in [6.45, 7) is 2.25. The average molecular weight is 345 g/mol. The van der Waals surface area contributed by atoms with Gasteiger partial charge in [0.25, 0.3) is 0 Å². The van der Waals surface area contributed by atoms with Gasteiger partial charge in [-0.2, -0.15) is 5.26 Å². The number of rotatable bonds is 6. The molecule has 4 nitrogen and oxygen atoms in total. The van der Waals surface area contributed by atoms with Crippen LogP contribution >= 0.6 is 15.9 Å². The largest absolute Gasteiger partial charge is 0.398 e. The fourth-order valence-electron chi connectivity index (χ4n) is 2.12. The second-order valence-corrected chi connectivity index (χ2v) is 5.69. The molecule has 5 heteroatoms. The Kier molecular flexibility index (Phi) is 5.73. The number of anilines is 1. The van der Waals surface area contributed by atoms with Crippen LogP contribution in [0.15, 0.2) is 47.2 Å². The summed E-state index contributed by atoms with van der Waals surface area (Å²) in [6, 6.07) is 12.1. The van der Waals surface area contributed by atoms with Crippen molar-refractivity contribution in [2.45, 2.75) is 19.5 Å². The Bertz CT molecular complexity index is 622. The maximum atomic E-state index is 8.81. The van der Waals surface area contributed by atoms with Gasteiger partial charge in [-0.1, -0.05) is 12.1 Å². The van der Waals surface area contributed by atoms with Crippen LogP contribution in [0.25, 0.3) is 0 Å². The molecule has 1 aromatic carbocycles. The second-order valence-electron chi connectivity index (χ2n) is 4.84. The van der Waals surface area contributed by atoms with Crippen LogP contribution in [0.1, 0.15) is 17.5 Å². The van der Waals surface area contributed by atoms with Gasteiger partial charge in [-0.05, 0) is 45.3 Å². The third-order valence-electron chi connectivity index (χ3n) is 3.14. The molecule has 0 atom stereocenters. The van der Waals surface area contributed by atoms with Crippen molar-refractivity contribution < 1.29 is 0 Å². The predicted molar refractivity (Wildman–Crippen MR) is 87.1 cm³/mol. The first kappa shape index (κ1) is 15.5. The summed E-state index contributed by atoms with van der Waals surface area (Å²) in [5, 5.41) is 8.81. The summed E-state index contributed by atoms with van der Waals surface area (Å²) < 4.78 is 0.905. The number of nitrogens with two attached hydrogens (primary N) is 1. The van der Waals surface area contributed by atoms with E-state index in [1.807, 2.05) is 36.5 Å². The number of hydrogen-bond acceptors (Lipinski definition) is 4. The molecule has 2 aromatic rings. The summed E-state index contributed by atoms with van der Waals surface area (Å²) in [5.74, 6) is 0. The number of hydrogen-bond donors (Lipinski definition) is 1. The van der Waals surface area contributed by atoms with Gasteiger partial charge in [0, 0.05) is 48.6 Å². The third kappa shape index (κ3) is 4.85. The Hall–Kier alpha value is -1.90. The number of nitrogen functional groups attached to an aromatic ring is 1. The van der Waals surface area contributed by atoms with Crippen molar-refractivity contribution in [2.24, 2.45) is 0 Å². The van der Waals surface area contributed by atoms with Crippen LogP contribution in [0, 0.1) is 11.3 Å². The Labute approximate surface area is 133 Å². The molecule has 0 bridgehead atoms. The molecule has 0 spiro atoms. The Morgan fingerprint density at radius 1 is 1.24 bits per heavy atom. The van der Waals surface area contributed by atoms with Gasteiger partial charge in [0.2, 0.25) is 0 Å². The van der Waals surface area contributed by atoms with E-state index in [1.54, 1.807) is 6.20 Å². The van der Waals surface area contributed by atoms with Crippen molar-refractivity contribution in [3.8, 4) is 6.07 Å². The van der Waals surface area contributed by atoms with Crippen molar-refractivity contribution in [1.29, 1.82) is 5.26 Å². The molecular weight excluding hydrogens is 328 g/mol. The first-order valence-corrected chi connectivity index (χ1v) is 7.50. The van der Waals surface area contributed by atoms with Crippen molar-refractivity contribution in [1.82, 2.24) is 9.88 Å². The molecule has 0 saturated carbocycles. The van der Waals surface area contributed by atoms with Crippen molar-refractivity contribution in [3.63, 3.8) is 0 Å². The molecule has 0 unspecified atom stereocenters. The van der Waals surface area contributed by atoms with E-state index in [-0.39, 0.29) is 0 Å². The van der Waals surface area contributed by atoms with Crippen LogP contribution in [-0.2, 0) is 13.1 Å². The first-order chi connectivity index (χ1) is 10.2. The van der Waals surface area contributed by atoms with Gasteiger partial charge in [0.1, 0.15) is 0 Å². The Morgan fingerprint density at radius 2 is 2.05 bits per heavy atom.